The molecule has 1 aliphatic rings. The molecule has 1 aromatic rings. The van der Waals surface area contributed by atoms with Gasteiger partial charge in [-0.25, -0.2) is 0 Å². The van der Waals surface area contributed by atoms with Gasteiger partial charge in [-0.3, -0.25) is 0 Å². The Kier molecular flexibility index (Phi) is 4.49. The molecule has 5 nitrogen and oxygen atoms in total. The molecule has 0 radical (unpaired) electrons. The lowest BCUT2D eigenvalue weighted by Crippen LogP contribution is -2.30. The van der Waals surface area contributed by atoms with Crippen LogP contribution in [0.5, 0.6) is 5.75 Å². The number of nitrogens with two attached hydrogens (primary N) is 1. The van der Waals surface area contributed by atoms with Gasteiger partial charge in [-0.2, -0.15) is 0 Å². The lowest BCUT2D eigenvalue weighted by Gasteiger charge is -2.20. The van der Waals surface area contributed by atoms with Crippen LogP contribution in [0.15, 0.2) is 29.4 Å². The maximum absolute atomic E-state index is 8.67. The Balaban J connectivity index is 1.90. The second kappa shape index (κ2) is 6.13. The molecular formula is C15H23N3O2. The van der Waals surface area contributed by atoms with E-state index in [1.54, 1.807) is 7.11 Å². The maximum Gasteiger partial charge on any atom is 0.139 e. The van der Waals surface area contributed by atoms with Crippen LogP contribution in [0, 0.1) is 5.41 Å². The average Bonchev–Trinajstić information content (AvgIpc) is 3.24. The van der Waals surface area contributed by atoms with Crippen molar-refractivity contribution in [1.29, 1.82) is 0 Å². The van der Waals surface area contributed by atoms with E-state index in [0.717, 1.165) is 25.1 Å². The molecular weight excluding hydrogens is 254 g/mol. The monoisotopic (exact) mass is 277 g/mol. The summed E-state index contributed by atoms with van der Waals surface area (Å²) in [5.74, 6) is 1.19. The predicted octanol–water partition coefficient (Wildman–Crippen LogP) is 2.26. The van der Waals surface area contributed by atoms with Crippen molar-refractivity contribution in [3.63, 3.8) is 0 Å². The van der Waals surface area contributed by atoms with E-state index in [2.05, 4.69) is 23.5 Å². The Morgan fingerprint density at radius 3 is 2.90 bits per heavy atom. The molecule has 4 N–H and O–H groups in total. The van der Waals surface area contributed by atoms with E-state index in [4.69, 9.17) is 15.7 Å². The van der Waals surface area contributed by atoms with E-state index >= 15 is 0 Å². The maximum atomic E-state index is 8.67. The SMILES string of the molecule is COc1cccc([C@@H](C)NCC2(C/C(N)=N/O)CC2)c1. The van der Waals surface area contributed by atoms with Crippen LogP contribution in [0.4, 0.5) is 0 Å². The number of rotatable bonds is 7. The molecule has 110 valence electrons. The van der Waals surface area contributed by atoms with Gasteiger partial charge in [-0.15, -0.1) is 0 Å². The fraction of sp³-hybridized carbons (Fsp3) is 0.533. The largest absolute Gasteiger partial charge is 0.497 e. The van der Waals surface area contributed by atoms with Crippen LogP contribution in [0.3, 0.4) is 0 Å². The first-order valence-corrected chi connectivity index (χ1v) is 6.92. The quantitative estimate of drug-likeness (QED) is 0.309. The van der Waals surface area contributed by atoms with Gasteiger partial charge >= 0.3 is 0 Å². The zero-order valence-corrected chi connectivity index (χ0v) is 12.1. The van der Waals surface area contributed by atoms with Crippen molar-refractivity contribution in [2.24, 2.45) is 16.3 Å². The van der Waals surface area contributed by atoms with Gasteiger partial charge in [0.15, 0.2) is 0 Å². The zero-order valence-electron chi connectivity index (χ0n) is 12.1. The van der Waals surface area contributed by atoms with E-state index in [1.807, 2.05) is 18.2 Å². The molecule has 0 amide bonds. The Hall–Kier alpha value is -1.75. The first-order chi connectivity index (χ1) is 9.58. The van der Waals surface area contributed by atoms with Crippen LogP contribution in [-0.4, -0.2) is 24.7 Å². The Labute approximate surface area is 119 Å². The number of amidine groups is 1. The number of hydrogen-bond donors (Lipinski definition) is 3. The van der Waals surface area contributed by atoms with Crippen molar-refractivity contribution in [2.75, 3.05) is 13.7 Å². The average molecular weight is 277 g/mol. The third-order valence-corrected chi connectivity index (χ3v) is 4.02. The highest BCUT2D eigenvalue weighted by atomic mass is 16.5. The summed E-state index contributed by atoms with van der Waals surface area (Å²) >= 11 is 0. The van der Waals surface area contributed by atoms with Crippen LogP contribution in [0.25, 0.3) is 0 Å². The molecule has 1 saturated carbocycles. The van der Waals surface area contributed by atoms with Crippen LogP contribution >= 0.6 is 0 Å². The minimum Gasteiger partial charge on any atom is -0.497 e. The number of hydrogen-bond acceptors (Lipinski definition) is 4. The van der Waals surface area contributed by atoms with Gasteiger partial charge in [0.25, 0.3) is 0 Å². The van der Waals surface area contributed by atoms with Crippen molar-refractivity contribution in [3.05, 3.63) is 29.8 Å². The molecule has 1 atom stereocenters. The van der Waals surface area contributed by atoms with Crippen molar-refractivity contribution in [1.82, 2.24) is 5.32 Å². The van der Waals surface area contributed by atoms with E-state index in [0.29, 0.717) is 12.3 Å². The van der Waals surface area contributed by atoms with E-state index in [9.17, 15) is 0 Å². The summed E-state index contributed by atoms with van der Waals surface area (Å²) < 4.78 is 5.24. The van der Waals surface area contributed by atoms with Gasteiger partial charge in [0, 0.05) is 19.0 Å². The fourth-order valence-corrected chi connectivity index (χ4v) is 2.41. The standard InChI is InChI=1S/C15H23N3O2/c1-11(12-4-3-5-13(8-12)20-2)17-10-15(6-7-15)9-14(16)18-19/h3-5,8,11,17,19H,6-7,9-10H2,1-2H3,(H2,16,18)/t11-/m1/s1. The van der Waals surface area contributed by atoms with E-state index in [-0.39, 0.29) is 11.5 Å². The Morgan fingerprint density at radius 1 is 1.55 bits per heavy atom. The minimum atomic E-state index is 0.170. The molecule has 0 aliphatic heterocycles. The minimum absolute atomic E-state index is 0.170. The van der Waals surface area contributed by atoms with E-state index in [1.165, 1.54) is 5.56 Å². The number of methoxy groups -OCH3 is 1. The molecule has 1 fully saturated rings. The van der Waals surface area contributed by atoms with E-state index < -0.39 is 0 Å². The van der Waals surface area contributed by atoms with Gasteiger partial charge in [-0.1, -0.05) is 17.3 Å². The lowest BCUT2D eigenvalue weighted by molar-refractivity contribution is 0.313. The van der Waals surface area contributed by atoms with Crippen LogP contribution in [0.2, 0.25) is 0 Å². The molecule has 2 rings (SSSR count). The van der Waals surface area contributed by atoms with Gasteiger partial charge in [-0.05, 0) is 42.9 Å². The molecule has 0 aromatic heterocycles. The van der Waals surface area contributed by atoms with Crippen molar-refractivity contribution >= 4 is 5.84 Å². The fourth-order valence-electron chi connectivity index (χ4n) is 2.41. The molecule has 1 aromatic carbocycles. The third-order valence-electron chi connectivity index (χ3n) is 4.02. The van der Waals surface area contributed by atoms with Gasteiger partial charge in [0.2, 0.25) is 0 Å². The molecule has 0 unspecified atom stereocenters. The number of benzene rings is 1. The van der Waals surface area contributed by atoms with Gasteiger partial charge < -0.3 is 21.0 Å². The van der Waals surface area contributed by atoms with Gasteiger partial charge in [0.1, 0.15) is 11.6 Å². The Bertz CT molecular complexity index is 484. The normalized spacial score (nSPS) is 18.6. The van der Waals surface area contributed by atoms with Crippen LogP contribution in [0.1, 0.15) is 37.8 Å². The summed E-state index contributed by atoms with van der Waals surface area (Å²) in [6, 6.07) is 8.31. The first-order valence-electron chi connectivity index (χ1n) is 6.92. The number of ether oxygens (including phenoxy) is 1. The molecule has 20 heavy (non-hydrogen) atoms. The van der Waals surface area contributed by atoms with Crippen molar-refractivity contribution in [2.45, 2.75) is 32.2 Å². The number of oxime groups is 1. The first kappa shape index (κ1) is 14.7. The Morgan fingerprint density at radius 2 is 2.30 bits per heavy atom. The van der Waals surface area contributed by atoms with Gasteiger partial charge in [0.05, 0.1) is 7.11 Å². The highest BCUT2D eigenvalue weighted by molar-refractivity contribution is 5.80. The molecule has 5 heteroatoms. The summed E-state index contributed by atoms with van der Waals surface area (Å²) in [5, 5.41) is 15.3. The highest BCUT2D eigenvalue weighted by Gasteiger charge is 2.43. The second-order valence-electron chi connectivity index (χ2n) is 5.65. The number of nitrogens with one attached hydrogen (secondary N) is 1. The third kappa shape index (κ3) is 3.63. The summed E-state index contributed by atoms with van der Waals surface area (Å²) in [5.41, 5.74) is 6.98. The second-order valence-corrected chi connectivity index (χ2v) is 5.65. The summed E-state index contributed by atoms with van der Waals surface area (Å²) in [6.07, 6.45) is 2.91. The molecule has 1 aliphatic carbocycles. The molecule has 0 bridgehead atoms. The topological polar surface area (TPSA) is 79.9 Å². The zero-order chi connectivity index (χ0) is 14.6. The molecule has 0 heterocycles. The summed E-state index contributed by atoms with van der Waals surface area (Å²) in [7, 11) is 1.67. The lowest BCUT2D eigenvalue weighted by atomic mass is 10.0. The highest BCUT2D eigenvalue weighted by Crippen LogP contribution is 2.48. The van der Waals surface area contributed by atoms with Crippen LogP contribution in [-0.2, 0) is 0 Å². The molecule has 0 spiro atoms. The van der Waals surface area contributed by atoms with Crippen molar-refractivity contribution < 1.29 is 9.94 Å². The summed E-state index contributed by atoms with van der Waals surface area (Å²) in [4.78, 5) is 0. The molecule has 0 saturated heterocycles. The van der Waals surface area contributed by atoms with Crippen LogP contribution < -0.4 is 15.8 Å². The predicted molar refractivity (Wildman–Crippen MR) is 79.1 cm³/mol. The van der Waals surface area contributed by atoms with Crippen molar-refractivity contribution in [3.8, 4) is 5.75 Å². The number of nitrogens with zero attached hydrogens (tertiary/aromatic N) is 1. The smallest absolute Gasteiger partial charge is 0.139 e. The summed E-state index contributed by atoms with van der Waals surface area (Å²) in [6.45, 7) is 3.01.